The van der Waals surface area contributed by atoms with Gasteiger partial charge in [-0.25, -0.2) is 0 Å². The second-order valence-electron chi connectivity index (χ2n) is 9.50. The van der Waals surface area contributed by atoms with E-state index in [4.69, 9.17) is 11.6 Å². The Morgan fingerprint density at radius 3 is 2.03 bits per heavy atom. The van der Waals surface area contributed by atoms with Crippen molar-refractivity contribution in [3.05, 3.63) is 101 Å². The third-order valence-corrected chi connectivity index (χ3v) is 6.63. The summed E-state index contributed by atoms with van der Waals surface area (Å²) in [6, 6.07) is 26.7. The zero-order valence-electron chi connectivity index (χ0n) is 20.5. The molecule has 3 rings (SSSR count). The van der Waals surface area contributed by atoms with E-state index in [0.29, 0.717) is 30.2 Å². The molecule has 0 spiro atoms. The van der Waals surface area contributed by atoms with Crippen LogP contribution in [0.25, 0.3) is 0 Å². The molecule has 2 amide bonds. The molecular weight excluding hydrogens is 476 g/mol. The van der Waals surface area contributed by atoms with Crippen molar-refractivity contribution < 1.29 is 9.59 Å². The minimum atomic E-state index is -0.620. The molecule has 0 aromatic heterocycles. The van der Waals surface area contributed by atoms with E-state index < -0.39 is 11.6 Å². The van der Waals surface area contributed by atoms with E-state index in [1.165, 1.54) is 0 Å². The second kappa shape index (κ2) is 12.8. The van der Waals surface area contributed by atoms with Gasteiger partial charge in [-0.15, -0.1) is 11.8 Å². The van der Waals surface area contributed by atoms with Gasteiger partial charge in [0.1, 0.15) is 6.04 Å². The summed E-state index contributed by atoms with van der Waals surface area (Å²) in [5.74, 6) is 0.432. The predicted molar refractivity (Wildman–Crippen MR) is 146 cm³/mol. The Morgan fingerprint density at radius 1 is 0.886 bits per heavy atom. The zero-order chi connectivity index (χ0) is 25.3. The Balaban J connectivity index is 1.83. The highest BCUT2D eigenvalue weighted by Gasteiger charge is 2.32. The van der Waals surface area contributed by atoms with Crippen molar-refractivity contribution in [1.29, 1.82) is 0 Å². The summed E-state index contributed by atoms with van der Waals surface area (Å²) >= 11 is 7.59. The van der Waals surface area contributed by atoms with E-state index in [0.717, 1.165) is 16.0 Å². The van der Waals surface area contributed by atoms with Gasteiger partial charge in [0.25, 0.3) is 0 Å². The van der Waals surface area contributed by atoms with Gasteiger partial charge in [0.05, 0.1) is 0 Å². The minimum absolute atomic E-state index is 0.0414. The third-order valence-electron chi connectivity index (χ3n) is 5.36. The van der Waals surface area contributed by atoms with Crippen molar-refractivity contribution in [2.75, 3.05) is 5.75 Å². The van der Waals surface area contributed by atoms with E-state index in [-0.39, 0.29) is 11.8 Å². The van der Waals surface area contributed by atoms with Crippen molar-refractivity contribution in [3.63, 3.8) is 0 Å². The largest absolute Gasteiger partial charge is 0.350 e. The second-order valence-corrected chi connectivity index (χ2v) is 11.1. The first kappa shape index (κ1) is 26.8. The van der Waals surface area contributed by atoms with Gasteiger partial charge in [0.2, 0.25) is 11.8 Å². The third kappa shape index (κ3) is 9.08. The van der Waals surface area contributed by atoms with Gasteiger partial charge >= 0.3 is 0 Å². The quantitative estimate of drug-likeness (QED) is 0.323. The van der Waals surface area contributed by atoms with Crippen LogP contribution >= 0.6 is 23.4 Å². The molecule has 184 valence electrons. The van der Waals surface area contributed by atoms with Crippen molar-refractivity contribution in [1.82, 2.24) is 10.2 Å². The van der Waals surface area contributed by atoms with Crippen LogP contribution in [0.2, 0.25) is 5.02 Å². The molecule has 3 aromatic rings. The van der Waals surface area contributed by atoms with Crippen LogP contribution in [0, 0.1) is 0 Å². The highest BCUT2D eigenvalue weighted by molar-refractivity contribution is 7.99. The van der Waals surface area contributed by atoms with Gasteiger partial charge in [-0.2, -0.15) is 0 Å². The monoisotopic (exact) mass is 508 g/mol. The lowest BCUT2D eigenvalue weighted by molar-refractivity contribution is -0.141. The van der Waals surface area contributed by atoms with Crippen LogP contribution < -0.4 is 5.32 Å². The Hall–Kier alpha value is -2.76. The van der Waals surface area contributed by atoms with Gasteiger partial charge in [-0.3, -0.25) is 9.59 Å². The van der Waals surface area contributed by atoms with Gasteiger partial charge < -0.3 is 10.2 Å². The molecular formula is C29H33ClN2O2S. The lowest BCUT2D eigenvalue weighted by Gasteiger charge is -2.34. The summed E-state index contributed by atoms with van der Waals surface area (Å²) in [5, 5.41) is 3.79. The fourth-order valence-electron chi connectivity index (χ4n) is 3.72. The molecule has 3 aromatic carbocycles. The summed E-state index contributed by atoms with van der Waals surface area (Å²) in [6.45, 7) is 6.24. The molecule has 0 heterocycles. The highest BCUT2D eigenvalue weighted by atomic mass is 35.5. The number of benzene rings is 3. The van der Waals surface area contributed by atoms with Gasteiger partial charge in [0, 0.05) is 40.6 Å². The molecule has 0 saturated carbocycles. The molecule has 0 bridgehead atoms. The lowest BCUT2D eigenvalue weighted by atomic mass is 10.0. The Kier molecular flexibility index (Phi) is 9.82. The maximum atomic E-state index is 13.6. The maximum Gasteiger partial charge on any atom is 0.243 e. The summed E-state index contributed by atoms with van der Waals surface area (Å²) in [4.78, 5) is 29.9. The number of halogens is 1. The molecule has 1 unspecified atom stereocenters. The van der Waals surface area contributed by atoms with Crippen molar-refractivity contribution >= 4 is 35.2 Å². The van der Waals surface area contributed by atoms with E-state index in [9.17, 15) is 9.59 Å². The van der Waals surface area contributed by atoms with Crippen LogP contribution in [0.4, 0.5) is 0 Å². The van der Waals surface area contributed by atoms with Crippen molar-refractivity contribution in [3.8, 4) is 0 Å². The molecule has 0 fully saturated rings. The lowest BCUT2D eigenvalue weighted by Crippen LogP contribution is -2.54. The van der Waals surface area contributed by atoms with Crippen molar-refractivity contribution in [2.45, 2.75) is 56.6 Å². The molecule has 1 N–H and O–H groups in total. The average Bonchev–Trinajstić information content (AvgIpc) is 2.82. The van der Waals surface area contributed by atoms with Crippen LogP contribution in [-0.2, 0) is 22.6 Å². The summed E-state index contributed by atoms with van der Waals surface area (Å²) in [7, 11) is 0. The molecule has 0 aliphatic rings. The van der Waals surface area contributed by atoms with Crippen LogP contribution in [0.1, 0.15) is 38.3 Å². The van der Waals surface area contributed by atoms with Crippen LogP contribution in [0.15, 0.2) is 89.8 Å². The van der Waals surface area contributed by atoms with Crippen molar-refractivity contribution in [2.24, 2.45) is 0 Å². The van der Waals surface area contributed by atoms with Crippen LogP contribution in [0.3, 0.4) is 0 Å². The number of nitrogens with zero attached hydrogens (tertiary/aromatic N) is 1. The number of thioether (sulfide) groups is 1. The van der Waals surface area contributed by atoms with Gasteiger partial charge in [-0.05, 0) is 56.2 Å². The molecule has 35 heavy (non-hydrogen) atoms. The smallest absolute Gasteiger partial charge is 0.243 e. The first-order valence-electron chi connectivity index (χ1n) is 11.8. The molecule has 0 saturated heterocycles. The van der Waals surface area contributed by atoms with Crippen LogP contribution in [0.5, 0.6) is 0 Å². The number of nitrogens with one attached hydrogen (secondary N) is 1. The number of rotatable bonds is 10. The number of hydrogen-bond donors (Lipinski definition) is 1. The molecule has 0 radical (unpaired) electrons. The Bertz CT molecular complexity index is 1080. The number of carbonyl (C=O) groups excluding carboxylic acids is 2. The van der Waals surface area contributed by atoms with E-state index in [2.05, 4.69) is 5.32 Å². The fourth-order valence-corrected chi connectivity index (χ4v) is 4.68. The number of carbonyl (C=O) groups is 2. The molecule has 4 nitrogen and oxygen atoms in total. The highest BCUT2D eigenvalue weighted by Crippen LogP contribution is 2.23. The topological polar surface area (TPSA) is 49.4 Å². The Labute approximate surface area is 218 Å². The minimum Gasteiger partial charge on any atom is -0.350 e. The average molecular weight is 509 g/mol. The standard InChI is InChI=1S/C29H33ClN2O2S/c1-29(2,3)31-28(34)26(20-22-10-6-4-7-11-22)32(21-23-12-8-5-9-13-23)27(33)18-19-35-25-16-14-24(30)15-17-25/h4-17,26H,18-21H2,1-3H3,(H,31,34). The maximum absolute atomic E-state index is 13.6. The summed E-state index contributed by atoms with van der Waals surface area (Å²) in [5.41, 5.74) is 1.61. The molecule has 0 aliphatic carbocycles. The predicted octanol–water partition coefficient (Wildman–Crippen LogP) is 6.38. The number of hydrogen-bond acceptors (Lipinski definition) is 3. The number of amides is 2. The normalized spacial score (nSPS) is 12.1. The van der Waals surface area contributed by atoms with E-state index in [1.54, 1.807) is 16.7 Å². The Morgan fingerprint density at radius 2 is 1.46 bits per heavy atom. The summed E-state index contributed by atoms with van der Waals surface area (Å²) < 4.78 is 0. The van der Waals surface area contributed by atoms with Gasteiger partial charge in [0.15, 0.2) is 0 Å². The molecule has 0 aliphatic heterocycles. The first-order chi connectivity index (χ1) is 16.7. The SMILES string of the molecule is CC(C)(C)NC(=O)C(Cc1ccccc1)N(Cc1ccccc1)C(=O)CCSc1ccc(Cl)cc1. The fraction of sp³-hybridized carbons (Fsp3) is 0.310. The van der Waals surface area contributed by atoms with E-state index in [1.807, 2.05) is 106 Å². The van der Waals surface area contributed by atoms with Crippen LogP contribution in [-0.4, -0.2) is 34.0 Å². The van der Waals surface area contributed by atoms with E-state index >= 15 is 0 Å². The first-order valence-corrected chi connectivity index (χ1v) is 13.2. The molecule has 6 heteroatoms. The van der Waals surface area contributed by atoms with Gasteiger partial charge in [-0.1, -0.05) is 72.3 Å². The molecule has 1 atom stereocenters. The zero-order valence-corrected chi connectivity index (χ0v) is 22.1. The summed E-state index contributed by atoms with van der Waals surface area (Å²) in [6.07, 6.45) is 0.778.